The van der Waals surface area contributed by atoms with Gasteiger partial charge in [-0.05, 0) is 38.5 Å². The molecule has 0 aliphatic rings. The highest BCUT2D eigenvalue weighted by atomic mass is 32.1. The summed E-state index contributed by atoms with van der Waals surface area (Å²) in [6.07, 6.45) is 0. The van der Waals surface area contributed by atoms with Gasteiger partial charge in [0, 0.05) is 4.88 Å². The number of nitrogens with zero attached hydrogens (tertiary/aromatic N) is 1. The number of aryl methyl sites for hydroxylation is 1. The van der Waals surface area contributed by atoms with Crippen LogP contribution in [0.3, 0.4) is 0 Å². The third-order valence-electron chi connectivity index (χ3n) is 3.69. The lowest BCUT2D eigenvalue weighted by Crippen LogP contribution is -2.07. The Labute approximate surface area is 148 Å². The van der Waals surface area contributed by atoms with Gasteiger partial charge in [0.15, 0.2) is 5.13 Å². The molecule has 3 rings (SSSR count). The number of ether oxygens (including phenoxy) is 2. The summed E-state index contributed by atoms with van der Waals surface area (Å²) in [4.78, 5) is 18.0. The summed E-state index contributed by atoms with van der Waals surface area (Å²) < 4.78 is 11.6. The van der Waals surface area contributed by atoms with Crippen molar-refractivity contribution in [3.05, 3.63) is 34.2 Å². The molecule has 0 saturated carbocycles. The Morgan fingerprint density at radius 1 is 1.29 bits per heavy atom. The summed E-state index contributed by atoms with van der Waals surface area (Å²) in [7, 11) is 1.63. The van der Waals surface area contributed by atoms with Crippen LogP contribution in [0.4, 0.5) is 10.1 Å². The highest BCUT2D eigenvalue weighted by molar-refractivity contribution is 7.23. The first-order valence-corrected chi connectivity index (χ1v) is 9.16. The van der Waals surface area contributed by atoms with Crippen molar-refractivity contribution in [3.8, 4) is 5.75 Å². The molecule has 24 heavy (non-hydrogen) atoms. The Morgan fingerprint density at radius 3 is 2.79 bits per heavy atom. The van der Waals surface area contributed by atoms with Crippen LogP contribution in [0, 0.1) is 13.8 Å². The van der Waals surface area contributed by atoms with Crippen LogP contribution >= 0.6 is 22.7 Å². The third-order valence-corrected chi connectivity index (χ3v) is 5.75. The van der Waals surface area contributed by atoms with E-state index in [1.807, 2.05) is 32.0 Å². The highest BCUT2D eigenvalue weighted by Gasteiger charge is 2.21. The van der Waals surface area contributed by atoms with E-state index in [2.05, 4.69) is 10.3 Å². The molecule has 2 heterocycles. The molecule has 0 unspecified atom stereocenters. The van der Waals surface area contributed by atoms with E-state index in [0.29, 0.717) is 12.2 Å². The number of hydrogen-bond acceptors (Lipinski definition) is 7. The zero-order valence-electron chi connectivity index (χ0n) is 13.9. The number of thiazole rings is 1. The lowest BCUT2D eigenvalue weighted by molar-refractivity contribution is 0.0527. The number of carbonyl (C=O) groups is 1. The van der Waals surface area contributed by atoms with E-state index < -0.39 is 0 Å². The van der Waals surface area contributed by atoms with E-state index in [-0.39, 0.29) is 5.97 Å². The number of nitrogens with one attached hydrogen (secondary N) is 1. The molecule has 0 fully saturated rings. The maximum atomic E-state index is 12.3. The summed E-state index contributed by atoms with van der Waals surface area (Å²) in [5.41, 5.74) is 2.35. The number of benzene rings is 1. The van der Waals surface area contributed by atoms with E-state index in [4.69, 9.17) is 9.47 Å². The fourth-order valence-corrected chi connectivity index (χ4v) is 4.40. The number of esters is 1. The SMILES string of the molecule is CCOC(=O)c1c(Nc2nc3c(OC)cccc3s2)sc(C)c1C. The van der Waals surface area contributed by atoms with Gasteiger partial charge in [-0.15, -0.1) is 11.3 Å². The summed E-state index contributed by atoms with van der Waals surface area (Å²) in [6.45, 7) is 6.09. The Hall–Kier alpha value is -2.12. The van der Waals surface area contributed by atoms with Gasteiger partial charge >= 0.3 is 5.97 Å². The predicted molar refractivity (Wildman–Crippen MR) is 99.2 cm³/mol. The average Bonchev–Trinajstić information content (AvgIpc) is 3.08. The van der Waals surface area contributed by atoms with Crippen LogP contribution in [0.15, 0.2) is 18.2 Å². The molecule has 3 aromatic rings. The number of fused-ring (bicyclic) bond motifs is 1. The first-order valence-electron chi connectivity index (χ1n) is 7.52. The topological polar surface area (TPSA) is 60.5 Å². The van der Waals surface area contributed by atoms with E-state index in [0.717, 1.165) is 36.5 Å². The number of para-hydroxylation sites is 1. The number of methoxy groups -OCH3 is 1. The second-order valence-electron chi connectivity index (χ2n) is 5.16. The van der Waals surface area contributed by atoms with Crippen molar-refractivity contribution in [1.29, 1.82) is 0 Å². The lowest BCUT2D eigenvalue weighted by Gasteiger charge is -2.05. The van der Waals surface area contributed by atoms with Gasteiger partial charge in [0.25, 0.3) is 0 Å². The van der Waals surface area contributed by atoms with Crippen LogP contribution in [-0.4, -0.2) is 24.7 Å². The van der Waals surface area contributed by atoms with Crippen LogP contribution in [0.2, 0.25) is 0 Å². The van der Waals surface area contributed by atoms with Crippen molar-refractivity contribution >= 4 is 49.0 Å². The summed E-state index contributed by atoms with van der Waals surface area (Å²) in [6, 6.07) is 5.82. The van der Waals surface area contributed by atoms with Gasteiger partial charge in [-0.1, -0.05) is 17.4 Å². The van der Waals surface area contributed by atoms with Gasteiger partial charge in [-0.25, -0.2) is 9.78 Å². The van der Waals surface area contributed by atoms with E-state index >= 15 is 0 Å². The molecular weight excluding hydrogens is 344 g/mol. The van der Waals surface area contributed by atoms with Gasteiger partial charge < -0.3 is 14.8 Å². The zero-order valence-corrected chi connectivity index (χ0v) is 15.6. The van der Waals surface area contributed by atoms with Crippen molar-refractivity contribution in [2.75, 3.05) is 19.0 Å². The van der Waals surface area contributed by atoms with Crippen molar-refractivity contribution in [2.24, 2.45) is 0 Å². The van der Waals surface area contributed by atoms with Gasteiger partial charge in [-0.3, -0.25) is 0 Å². The largest absolute Gasteiger partial charge is 0.494 e. The number of anilines is 2. The molecule has 7 heteroatoms. The first kappa shape index (κ1) is 16.7. The van der Waals surface area contributed by atoms with Crippen molar-refractivity contribution in [2.45, 2.75) is 20.8 Å². The fourth-order valence-electron chi connectivity index (χ4n) is 2.40. The van der Waals surface area contributed by atoms with Crippen molar-refractivity contribution < 1.29 is 14.3 Å². The van der Waals surface area contributed by atoms with Crippen molar-refractivity contribution in [3.63, 3.8) is 0 Å². The minimum Gasteiger partial charge on any atom is -0.494 e. The van der Waals surface area contributed by atoms with Crippen LogP contribution in [0.25, 0.3) is 10.2 Å². The van der Waals surface area contributed by atoms with E-state index in [1.165, 1.54) is 22.7 Å². The molecule has 0 bridgehead atoms. The number of aromatic nitrogens is 1. The normalized spacial score (nSPS) is 10.8. The maximum Gasteiger partial charge on any atom is 0.341 e. The fraction of sp³-hybridized carbons (Fsp3) is 0.294. The third kappa shape index (κ3) is 2.97. The summed E-state index contributed by atoms with van der Waals surface area (Å²) in [5, 5.41) is 4.77. The van der Waals surface area contributed by atoms with Crippen molar-refractivity contribution in [1.82, 2.24) is 4.98 Å². The molecule has 0 atom stereocenters. The molecule has 0 amide bonds. The average molecular weight is 362 g/mol. The minimum absolute atomic E-state index is 0.305. The number of carbonyl (C=O) groups excluding carboxylic acids is 1. The predicted octanol–water partition coefficient (Wildman–Crippen LogP) is 4.90. The van der Waals surface area contributed by atoms with Crippen LogP contribution in [0.1, 0.15) is 27.7 Å². The molecule has 0 radical (unpaired) electrons. The minimum atomic E-state index is -0.305. The van der Waals surface area contributed by atoms with Gasteiger partial charge in [-0.2, -0.15) is 0 Å². The van der Waals surface area contributed by atoms with Crippen LogP contribution in [-0.2, 0) is 4.74 Å². The molecular formula is C17H18N2O3S2. The van der Waals surface area contributed by atoms with Crippen LogP contribution < -0.4 is 10.1 Å². The number of rotatable bonds is 5. The Morgan fingerprint density at radius 2 is 2.08 bits per heavy atom. The zero-order chi connectivity index (χ0) is 17.3. The van der Waals surface area contributed by atoms with Crippen LogP contribution in [0.5, 0.6) is 5.75 Å². The number of hydrogen-bond donors (Lipinski definition) is 1. The summed E-state index contributed by atoms with van der Waals surface area (Å²) in [5.74, 6) is 0.432. The quantitative estimate of drug-likeness (QED) is 0.654. The molecule has 0 aliphatic carbocycles. The highest BCUT2D eigenvalue weighted by Crippen LogP contribution is 2.38. The summed E-state index contributed by atoms with van der Waals surface area (Å²) >= 11 is 3.06. The molecule has 126 valence electrons. The second kappa shape index (κ2) is 6.78. The first-order chi connectivity index (χ1) is 11.5. The van der Waals surface area contributed by atoms with Gasteiger partial charge in [0.05, 0.1) is 24.0 Å². The Kier molecular flexibility index (Phi) is 4.73. The van der Waals surface area contributed by atoms with E-state index in [1.54, 1.807) is 14.0 Å². The Bertz CT molecular complexity index is 899. The number of thiophene rings is 1. The van der Waals surface area contributed by atoms with Gasteiger partial charge in [0.1, 0.15) is 16.3 Å². The monoisotopic (exact) mass is 362 g/mol. The lowest BCUT2D eigenvalue weighted by atomic mass is 10.1. The van der Waals surface area contributed by atoms with Gasteiger partial charge in [0.2, 0.25) is 0 Å². The maximum absolute atomic E-state index is 12.3. The molecule has 1 aromatic carbocycles. The standard InChI is InChI=1S/C17H18N2O3S2/c1-5-22-16(20)13-9(2)10(3)23-15(13)19-17-18-14-11(21-4)7-6-8-12(14)24-17/h6-8H,5H2,1-4H3,(H,18,19). The smallest absolute Gasteiger partial charge is 0.341 e. The molecule has 5 nitrogen and oxygen atoms in total. The molecule has 2 aromatic heterocycles. The molecule has 1 N–H and O–H groups in total. The second-order valence-corrected chi connectivity index (χ2v) is 7.41. The molecule has 0 spiro atoms. The molecule has 0 saturated heterocycles. The van der Waals surface area contributed by atoms with E-state index in [9.17, 15) is 4.79 Å². The Balaban J connectivity index is 2.00. The molecule has 0 aliphatic heterocycles.